The molecular weight excluding hydrogens is 292 g/mol. The highest BCUT2D eigenvalue weighted by Crippen LogP contribution is 2.32. The van der Waals surface area contributed by atoms with E-state index >= 15 is 0 Å². The maximum atomic E-state index is 12.0. The number of aromatic amines is 1. The minimum Gasteiger partial charge on any atom is -0.394 e. The zero-order valence-corrected chi connectivity index (χ0v) is 11.3. The number of aliphatic hydroxyl groups is 3. The molecule has 1 saturated heterocycles. The number of aromatic nitrogens is 3. The quantitative estimate of drug-likeness (QED) is 0.399. The molecule has 9 heteroatoms. The second-order valence-corrected chi connectivity index (χ2v) is 4.97. The lowest BCUT2D eigenvalue weighted by Gasteiger charge is -2.17. The predicted octanol–water partition coefficient (Wildman–Crippen LogP) is -2.10. The molecule has 6 N–H and O–H groups in total. The van der Waals surface area contributed by atoms with Crippen LogP contribution in [-0.2, 0) is 4.74 Å². The van der Waals surface area contributed by atoms with Gasteiger partial charge >= 0.3 is 0 Å². The topological polar surface area (TPSA) is 147 Å². The summed E-state index contributed by atoms with van der Waals surface area (Å²) < 4.78 is 6.75. The lowest BCUT2D eigenvalue weighted by molar-refractivity contribution is -0.0508. The second-order valence-electron chi connectivity index (χ2n) is 4.97. The van der Waals surface area contributed by atoms with Gasteiger partial charge in [-0.05, 0) is 0 Å². The highest BCUT2D eigenvalue weighted by molar-refractivity contribution is 5.83. The third kappa shape index (κ3) is 1.98. The van der Waals surface area contributed by atoms with Crippen LogP contribution in [0.1, 0.15) is 11.8 Å². The molecule has 2 unspecified atom stereocenters. The van der Waals surface area contributed by atoms with Crippen LogP contribution >= 0.6 is 0 Å². The van der Waals surface area contributed by atoms with Gasteiger partial charge in [0, 0.05) is 6.20 Å². The van der Waals surface area contributed by atoms with Gasteiger partial charge in [-0.25, -0.2) is 0 Å². The summed E-state index contributed by atoms with van der Waals surface area (Å²) in [5.41, 5.74) is 5.40. The lowest BCUT2D eigenvalue weighted by atomic mass is 10.1. The Balaban J connectivity index is 2.20. The number of nitrogen functional groups attached to an aromatic ring is 1. The van der Waals surface area contributed by atoms with Gasteiger partial charge in [-0.1, -0.05) is 5.92 Å². The van der Waals surface area contributed by atoms with Crippen LogP contribution in [0.2, 0.25) is 0 Å². The van der Waals surface area contributed by atoms with E-state index in [9.17, 15) is 15.0 Å². The van der Waals surface area contributed by atoms with Gasteiger partial charge in [0.15, 0.2) is 11.9 Å². The summed E-state index contributed by atoms with van der Waals surface area (Å²) in [7, 11) is 0. The molecule has 1 fully saturated rings. The number of hydrogen-bond acceptors (Lipinski definition) is 7. The molecule has 22 heavy (non-hydrogen) atoms. The van der Waals surface area contributed by atoms with Gasteiger partial charge in [-0.3, -0.25) is 9.78 Å². The molecule has 1 aliphatic heterocycles. The number of fused-ring (bicyclic) bond motifs is 1. The number of nitrogens with one attached hydrogen (secondary N) is 1. The summed E-state index contributed by atoms with van der Waals surface area (Å²) in [5.74, 6) is 2.24. The number of anilines is 1. The first kappa shape index (κ1) is 14.6. The molecular formula is C13H14N4O5. The Labute approximate surface area is 124 Å². The van der Waals surface area contributed by atoms with Gasteiger partial charge in [-0.15, -0.1) is 6.42 Å². The molecule has 4 atom stereocenters. The predicted molar refractivity (Wildman–Crippen MR) is 75.7 cm³/mol. The van der Waals surface area contributed by atoms with Gasteiger partial charge in [0.2, 0.25) is 5.95 Å². The third-order valence-corrected chi connectivity index (χ3v) is 3.65. The zero-order valence-electron chi connectivity index (χ0n) is 11.3. The van der Waals surface area contributed by atoms with Crippen LogP contribution < -0.4 is 11.3 Å². The number of nitrogens with two attached hydrogens (primary N) is 1. The fourth-order valence-corrected chi connectivity index (χ4v) is 2.59. The minimum atomic E-state index is -1.32. The Kier molecular flexibility index (Phi) is 3.38. The number of aliphatic hydroxyl groups excluding tert-OH is 3. The molecule has 2 aromatic rings. The molecule has 1 aliphatic rings. The summed E-state index contributed by atoms with van der Waals surface area (Å²) in [6.45, 7) is -0.466. The first-order valence-corrected chi connectivity index (χ1v) is 6.47. The van der Waals surface area contributed by atoms with E-state index in [0.29, 0.717) is 0 Å². The van der Waals surface area contributed by atoms with Gasteiger partial charge < -0.3 is 30.4 Å². The van der Waals surface area contributed by atoms with Crippen molar-refractivity contribution in [3.63, 3.8) is 0 Å². The number of hydrogen-bond donors (Lipinski definition) is 5. The van der Waals surface area contributed by atoms with Gasteiger partial charge in [-0.2, -0.15) is 4.98 Å². The number of terminal acetylenes is 1. The highest BCUT2D eigenvalue weighted by Gasteiger charge is 2.44. The van der Waals surface area contributed by atoms with E-state index in [-0.39, 0.29) is 22.5 Å². The summed E-state index contributed by atoms with van der Waals surface area (Å²) in [6, 6.07) is 0. The monoisotopic (exact) mass is 306 g/mol. The van der Waals surface area contributed by atoms with Crippen LogP contribution in [0.25, 0.3) is 11.0 Å². The molecule has 0 spiro atoms. The van der Waals surface area contributed by atoms with Crippen molar-refractivity contribution in [1.82, 2.24) is 14.5 Å². The van der Waals surface area contributed by atoms with Crippen LogP contribution in [0.5, 0.6) is 0 Å². The highest BCUT2D eigenvalue weighted by atomic mass is 16.6. The second kappa shape index (κ2) is 5.11. The van der Waals surface area contributed by atoms with Gasteiger partial charge in [0.05, 0.1) is 17.6 Å². The van der Waals surface area contributed by atoms with Crippen molar-refractivity contribution in [3.8, 4) is 12.3 Å². The van der Waals surface area contributed by atoms with E-state index in [1.807, 2.05) is 0 Å². The van der Waals surface area contributed by atoms with Crippen molar-refractivity contribution >= 4 is 17.0 Å². The van der Waals surface area contributed by atoms with E-state index in [1.54, 1.807) is 0 Å². The Morgan fingerprint density at radius 2 is 2.23 bits per heavy atom. The number of H-pyrrole nitrogens is 1. The van der Waals surface area contributed by atoms with Crippen LogP contribution in [0.3, 0.4) is 0 Å². The Morgan fingerprint density at radius 1 is 1.50 bits per heavy atom. The summed E-state index contributed by atoms with van der Waals surface area (Å²) in [5, 5.41) is 29.2. The first-order valence-electron chi connectivity index (χ1n) is 6.47. The van der Waals surface area contributed by atoms with Gasteiger partial charge in [0.1, 0.15) is 18.3 Å². The molecule has 9 nitrogen and oxygen atoms in total. The number of ether oxygens (including phenoxy) is 1. The fourth-order valence-electron chi connectivity index (χ4n) is 2.59. The lowest BCUT2D eigenvalue weighted by Crippen LogP contribution is -2.33. The SMILES string of the molecule is C#Cc1cn(C2OC(CO)[C@@H](O)[C@H]2O)c2nc(N)[nH]c(=O)c12. The van der Waals surface area contributed by atoms with Gasteiger partial charge in [0.25, 0.3) is 5.56 Å². The van der Waals surface area contributed by atoms with E-state index < -0.39 is 36.7 Å². The van der Waals surface area contributed by atoms with Crippen molar-refractivity contribution in [2.24, 2.45) is 0 Å². The van der Waals surface area contributed by atoms with E-state index in [0.717, 1.165) is 0 Å². The van der Waals surface area contributed by atoms with Crippen LogP contribution in [0, 0.1) is 12.3 Å². The fraction of sp³-hybridized carbons (Fsp3) is 0.385. The smallest absolute Gasteiger partial charge is 0.263 e. The number of nitrogens with zero attached hydrogens (tertiary/aromatic N) is 2. The Morgan fingerprint density at radius 3 is 2.82 bits per heavy atom. The van der Waals surface area contributed by atoms with E-state index in [2.05, 4.69) is 15.9 Å². The molecule has 0 saturated carbocycles. The van der Waals surface area contributed by atoms with Crippen LogP contribution in [0.15, 0.2) is 11.0 Å². The number of rotatable bonds is 2. The maximum Gasteiger partial charge on any atom is 0.263 e. The molecule has 0 aromatic carbocycles. The van der Waals surface area contributed by atoms with Crippen molar-refractivity contribution in [2.45, 2.75) is 24.5 Å². The molecule has 0 amide bonds. The molecule has 0 bridgehead atoms. The maximum absolute atomic E-state index is 12.0. The Bertz CT molecular complexity index is 820. The van der Waals surface area contributed by atoms with Crippen molar-refractivity contribution < 1.29 is 20.1 Å². The minimum absolute atomic E-state index is 0.118. The third-order valence-electron chi connectivity index (χ3n) is 3.65. The Hall–Kier alpha value is -2.38. The summed E-state index contributed by atoms with van der Waals surface area (Å²) in [4.78, 5) is 18.4. The van der Waals surface area contributed by atoms with E-state index in [4.69, 9.17) is 22.0 Å². The summed E-state index contributed by atoms with van der Waals surface area (Å²) >= 11 is 0. The molecule has 3 heterocycles. The molecule has 3 rings (SSSR count). The molecule has 0 aliphatic carbocycles. The zero-order chi connectivity index (χ0) is 16.0. The molecule has 2 aromatic heterocycles. The van der Waals surface area contributed by atoms with E-state index in [1.165, 1.54) is 10.8 Å². The standard InChI is InChI=1S/C13H14N4O5/c1-2-5-3-17(10-7(5)11(21)16-13(14)15-10)12-9(20)8(19)6(4-18)22-12/h1,3,6,8-9,12,18-20H,4H2,(H3,14,15,16,21)/t6?,8-,9-,12?/m1/s1. The average molecular weight is 306 g/mol. The molecule has 116 valence electrons. The van der Waals surface area contributed by atoms with Crippen LogP contribution in [-0.4, -0.2) is 54.8 Å². The van der Waals surface area contributed by atoms with Crippen LogP contribution in [0.4, 0.5) is 5.95 Å². The summed E-state index contributed by atoms with van der Waals surface area (Å²) in [6.07, 6.45) is 2.19. The van der Waals surface area contributed by atoms with Crippen molar-refractivity contribution in [3.05, 3.63) is 22.1 Å². The normalized spacial score (nSPS) is 28.1. The van der Waals surface area contributed by atoms with Crippen molar-refractivity contribution in [1.29, 1.82) is 0 Å². The largest absolute Gasteiger partial charge is 0.394 e. The molecule has 0 radical (unpaired) electrons. The first-order chi connectivity index (χ1) is 10.5. The average Bonchev–Trinajstić information content (AvgIpc) is 2.98. The van der Waals surface area contributed by atoms with Crippen molar-refractivity contribution in [2.75, 3.05) is 12.3 Å².